The molecular weight excluding hydrogens is 328 g/mol. The van der Waals surface area contributed by atoms with Crippen molar-refractivity contribution in [1.82, 2.24) is 0 Å². The Morgan fingerprint density at radius 3 is 1.76 bits per heavy atom. The van der Waals surface area contributed by atoms with E-state index in [1.807, 2.05) is 0 Å². The van der Waals surface area contributed by atoms with Gasteiger partial charge in [0.25, 0.3) is 6.04 Å². The molecule has 0 amide bonds. The highest BCUT2D eigenvalue weighted by Gasteiger charge is 2.29. The largest absolute Gasteiger partial charge is 0.624 e. The quantitative estimate of drug-likeness (QED) is 0.264. The van der Waals surface area contributed by atoms with E-state index in [2.05, 4.69) is 6.72 Å². The third-order valence-electron chi connectivity index (χ3n) is 4.00. The topological polar surface area (TPSA) is 52.4 Å². The number of hydrogen-bond donors (Lipinski definition) is 0. The Labute approximate surface area is 145 Å². The minimum Gasteiger partial charge on any atom is -0.624 e. The van der Waals surface area contributed by atoms with Crippen LogP contribution in [-0.2, 0) is 9.53 Å². The highest BCUT2D eigenvalue weighted by atomic mass is 19.1. The second-order valence-electron chi connectivity index (χ2n) is 5.82. The summed E-state index contributed by atoms with van der Waals surface area (Å²) in [5, 5.41) is 11.2. The first-order chi connectivity index (χ1) is 11.8. The van der Waals surface area contributed by atoms with Gasteiger partial charge in [0.1, 0.15) is 24.5 Å². The molecule has 0 fully saturated rings. The zero-order valence-corrected chi connectivity index (χ0v) is 14.0. The maximum atomic E-state index is 13.2. The van der Waals surface area contributed by atoms with Crippen LogP contribution >= 0.6 is 0 Å². The van der Waals surface area contributed by atoms with Crippen molar-refractivity contribution in [2.24, 2.45) is 0 Å². The summed E-state index contributed by atoms with van der Waals surface area (Å²) in [6, 6.07) is 10.5. The lowest BCUT2D eigenvalue weighted by Crippen LogP contribution is -2.33. The third-order valence-corrected chi connectivity index (χ3v) is 4.00. The minimum absolute atomic E-state index is 0.264. The Morgan fingerprint density at radius 2 is 1.40 bits per heavy atom. The van der Waals surface area contributed by atoms with E-state index in [-0.39, 0.29) is 16.4 Å². The minimum atomic E-state index is -1.05. The van der Waals surface area contributed by atoms with E-state index in [4.69, 9.17) is 4.74 Å². The molecule has 25 heavy (non-hydrogen) atoms. The number of carbonyl (C=O) groups is 1. The normalized spacial score (nSPS) is 13.3. The van der Waals surface area contributed by atoms with Gasteiger partial charge in [-0.15, -0.1) is 0 Å². The number of rotatable bonds is 6. The Bertz CT molecular complexity index is 699. The van der Waals surface area contributed by atoms with E-state index in [0.29, 0.717) is 11.1 Å². The van der Waals surface area contributed by atoms with Gasteiger partial charge in [-0.05, 0) is 42.3 Å². The van der Waals surface area contributed by atoms with Crippen LogP contribution in [0.15, 0.2) is 48.5 Å². The van der Waals surface area contributed by atoms with Gasteiger partial charge in [0.05, 0.1) is 0 Å². The van der Waals surface area contributed by atoms with Crippen molar-refractivity contribution < 1.29 is 23.1 Å². The molecule has 0 aromatic heterocycles. The van der Waals surface area contributed by atoms with Gasteiger partial charge >= 0.3 is 5.97 Å². The number of carbonyl (C=O) groups excluding carboxylic acids is 1. The molecule has 0 saturated carbocycles. The Hall–Kier alpha value is -2.76. The maximum Gasteiger partial charge on any atom is 0.376 e. The van der Waals surface area contributed by atoms with Crippen LogP contribution in [-0.4, -0.2) is 29.6 Å². The van der Waals surface area contributed by atoms with Crippen LogP contribution in [0.2, 0.25) is 0 Å². The van der Waals surface area contributed by atoms with E-state index in [1.54, 1.807) is 31.2 Å². The lowest BCUT2D eigenvalue weighted by Gasteiger charge is -2.26. The van der Waals surface area contributed by atoms with Crippen molar-refractivity contribution in [2.45, 2.75) is 31.9 Å². The lowest BCUT2D eigenvalue weighted by molar-refractivity contribution is -0.476. The highest BCUT2D eigenvalue weighted by Crippen LogP contribution is 2.30. The number of halogens is 2. The standard InChI is InChI=1S/C19H19F2NO3/c1-12(22(3)24)19(23)25-13(2)18(14-4-8-16(20)9-5-14)15-6-10-17(21)11-7-15/h4-13,18H,3H2,1-2H3/t12-,13-/m0/s1. The monoisotopic (exact) mass is 347 g/mol. The molecule has 0 aliphatic rings. The first-order valence-electron chi connectivity index (χ1n) is 7.78. The summed E-state index contributed by atoms with van der Waals surface area (Å²) in [4.78, 5) is 12.0. The second kappa shape index (κ2) is 7.88. The van der Waals surface area contributed by atoms with Crippen molar-refractivity contribution in [1.29, 1.82) is 0 Å². The fourth-order valence-electron chi connectivity index (χ4n) is 2.54. The molecule has 132 valence electrons. The van der Waals surface area contributed by atoms with Crippen LogP contribution in [0, 0.1) is 16.8 Å². The van der Waals surface area contributed by atoms with Crippen LogP contribution in [0.25, 0.3) is 0 Å². The van der Waals surface area contributed by atoms with Crippen molar-refractivity contribution in [3.63, 3.8) is 0 Å². The summed E-state index contributed by atoms with van der Waals surface area (Å²) >= 11 is 0. The summed E-state index contributed by atoms with van der Waals surface area (Å²) in [6.45, 7) is 6.20. The lowest BCUT2D eigenvalue weighted by atomic mass is 9.87. The fourth-order valence-corrected chi connectivity index (χ4v) is 2.54. The molecule has 2 rings (SSSR count). The molecule has 0 aliphatic heterocycles. The van der Waals surface area contributed by atoms with Gasteiger partial charge in [-0.25, -0.2) is 18.3 Å². The number of nitrogens with zero attached hydrogens (tertiary/aromatic N) is 1. The molecule has 0 radical (unpaired) electrons. The first kappa shape index (κ1) is 18.6. The molecule has 2 atom stereocenters. The fraction of sp³-hybridized carbons (Fsp3) is 0.263. The number of ether oxygens (including phenoxy) is 1. The second-order valence-corrected chi connectivity index (χ2v) is 5.82. The summed E-state index contributed by atoms with van der Waals surface area (Å²) in [6.07, 6.45) is -0.661. The van der Waals surface area contributed by atoms with E-state index < -0.39 is 24.0 Å². The Balaban J connectivity index is 2.33. The molecular formula is C19H19F2NO3. The average Bonchev–Trinajstić information content (AvgIpc) is 2.57. The van der Waals surface area contributed by atoms with E-state index in [9.17, 15) is 18.8 Å². The number of hydrogen-bond acceptors (Lipinski definition) is 3. The van der Waals surface area contributed by atoms with Gasteiger partial charge in [0.15, 0.2) is 0 Å². The predicted molar refractivity (Wildman–Crippen MR) is 90.4 cm³/mol. The highest BCUT2D eigenvalue weighted by molar-refractivity contribution is 5.74. The van der Waals surface area contributed by atoms with Crippen LogP contribution in [0.1, 0.15) is 30.9 Å². The summed E-state index contributed by atoms with van der Waals surface area (Å²) in [7, 11) is 0. The molecule has 0 aliphatic carbocycles. The molecule has 6 heteroatoms. The van der Waals surface area contributed by atoms with Gasteiger partial charge < -0.3 is 9.94 Å². The first-order valence-corrected chi connectivity index (χ1v) is 7.78. The van der Waals surface area contributed by atoms with E-state index >= 15 is 0 Å². The third kappa shape index (κ3) is 4.62. The predicted octanol–water partition coefficient (Wildman–Crippen LogP) is 3.63. The Kier molecular flexibility index (Phi) is 5.85. The molecule has 0 unspecified atom stereocenters. The maximum absolute atomic E-state index is 13.2. The molecule has 0 heterocycles. The summed E-state index contributed by atoms with van der Waals surface area (Å²) in [5.41, 5.74) is 1.41. The zero-order chi connectivity index (χ0) is 18.6. The van der Waals surface area contributed by atoms with Crippen LogP contribution < -0.4 is 0 Å². The van der Waals surface area contributed by atoms with E-state index in [0.717, 1.165) is 0 Å². The van der Waals surface area contributed by atoms with Crippen molar-refractivity contribution in [3.05, 3.63) is 76.5 Å². The van der Waals surface area contributed by atoms with Gasteiger partial charge in [0.2, 0.25) is 0 Å². The van der Waals surface area contributed by atoms with Crippen molar-refractivity contribution in [3.8, 4) is 0 Å². The molecule has 2 aromatic carbocycles. The average molecular weight is 347 g/mol. The molecule has 0 bridgehead atoms. The van der Waals surface area contributed by atoms with Gasteiger partial charge in [-0.1, -0.05) is 24.3 Å². The van der Waals surface area contributed by atoms with Crippen molar-refractivity contribution in [2.75, 3.05) is 0 Å². The van der Waals surface area contributed by atoms with Gasteiger partial charge in [-0.2, -0.15) is 0 Å². The smallest absolute Gasteiger partial charge is 0.376 e. The summed E-state index contributed by atoms with van der Waals surface area (Å²) < 4.78 is 32.1. The zero-order valence-electron chi connectivity index (χ0n) is 14.0. The summed E-state index contributed by atoms with van der Waals surface area (Å²) in [5.74, 6) is -1.94. The molecule has 4 nitrogen and oxygen atoms in total. The van der Waals surface area contributed by atoms with Gasteiger partial charge in [0, 0.05) is 12.8 Å². The molecule has 0 N–H and O–H groups in total. The number of hydroxylamine groups is 1. The number of esters is 1. The van der Waals surface area contributed by atoms with E-state index in [1.165, 1.54) is 31.2 Å². The molecule has 0 saturated heterocycles. The van der Waals surface area contributed by atoms with Crippen LogP contribution in [0.3, 0.4) is 0 Å². The van der Waals surface area contributed by atoms with Crippen LogP contribution in [0.5, 0.6) is 0 Å². The van der Waals surface area contributed by atoms with Gasteiger partial charge in [-0.3, -0.25) is 0 Å². The number of benzene rings is 2. The Morgan fingerprint density at radius 1 is 1.00 bits per heavy atom. The van der Waals surface area contributed by atoms with Crippen molar-refractivity contribution >= 4 is 12.7 Å². The SMILES string of the molecule is C=[N+]([O-])[C@@H](C)C(=O)O[C@@H](C)C(c1ccc(F)cc1)c1ccc(F)cc1. The van der Waals surface area contributed by atoms with Crippen LogP contribution in [0.4, 0.5) is 8.78 Å². The molecule has 0 spiro atoms. The molecule has 2 aromatic rings.